The normalized spacial score (nSPS) is 9.92. The predicted molar refractivity (Wildman–Crippen MR) is 46.3 cm³/mol. The van der Waals surface area contributed by atoms with Gasteiger partial charge in [0.2, 0.25) is 5.16 Å². The van der Waals surface area contributed by atoms with E-state index in [2.05, 4.69) is 22.1 Å². The Morgan fingerprint density at radius 3 is 2.92 bits per heavy atom. The third-order valence-corrected chi connectivity index (χ3v) is 2.36. The minimum absolute atomic E-state index is 0.132. The number of hydrogen-bond acceptors (Lipinski definition) is 5. The SMILES string of the molecule is C=C(CSc1nnnn1C)C(=O)O. The van der Waals surface area contributed by atoms with Crippen LogP contribution in [0.3, 0.4) is 0 Å². The molecule has 1 N–H and O–H groups in total. The maximum Gasteiger partial charge on any atom is 0.331 e. The molecule has 0 aliphatic heterocycles. The molecule has 0 saturated heterocycles. The van der Waals surface area contributed by atoms with Crippen LogP contribution < -0.4 is 0 Å². The molecule has 0 bridgehead atoms. The highest BCUT2D eigenvalue weighted by Crippen LogP contribution is 2.15. The van der Waals surface area contributed by atoms with E-state index < -0.39 is 5.97 Å². The topological polar surface area (TPSA) is 80.9 Å². The van der Waals surface area contributed by atoms with Gasteiger partial charge in [-0.05, 0) is 10.4 Å². The molecule has 0 fully saturated rings. The zero-order chi connectivity index (χ0) is 9.84. The van der Waals surface area contributed by atoms with Crippen LogP contribution in [0.2, 0.25) is 0 Å². The molecule has 7 heteroatoms. The van der Waals surface area contributed by atoms with Crippen LogP contribution in [0.5, 0.6) is 0 Å². The van der Waals surface area contributed by atoms with Crippen molar-refractivity contribution >= 4 is 17.7 Å². The number of aliphatic carboxylic acids is 1. The van der Waals surface area contributed by atoms with Gasteiger partial charge in [0.1, 0.15) is 0 Å². The minimum atomic E-state index is -0.998. The monoisotopic (exact) mass is 200 g/mol. The van der Waals surface area contributed by atoms with Crippen molar-refractivity contribution in [2.45, 2.75) is 5.16 Å². The fraction of sp³-hybridized carbons (Fsp3) is 0.333. The molecule has 0 spiro atoms. The van der Waals surface area contributed by atoms with Crippen molar-refractivity contribution < 1.29 is 9.90 Å². The van der Waals surface area contributed by atoms with Crippen LogP contribution in [0.15, 0.2) is 17.3 Å². The molecule has 1 heterocycles. The maximum absolute atomic E-state index is 10.4. The van der Waals surface area contributed by atoms with Crippen molar-refractivity contribution in [2.75, 3.05) is 5.75 Å². The van der Waals surface area contributed by atoms with Crippen LogP contribution in [-0.2, 0) is 11.8 Å². The number of aromatic nitrogens is 4. The number of hydrogen-bond donors (Lipinski definition) is 1. The first-order chi connectivity index (χ1) is 6.11. The molecule has 0 aliphatic carbocycles. The van der Waals surface area contributed by atoms with E-state index in [4.69, 9.17) is 5.11 Å². The summed E-state index contributed by atoms with van der Waals surface area (Å²) in [7, 11) is 1.69. The van der Waals surface area contributed by atoms with Gasteiger partial charge in [0.05, 0.1) is 0 Å². The highest BCUT2D eigenvalue weighted by molar-refractivity contribution is 7.99. The van der Waals surface area contributed by atoms with Gasteiger partial charge in [-0.3, -0.25) is 0 Å². The quantitative estimate of drug-likeness (QED) is 0.542. The van der Waals surface area contributed by atoms with Gasteiger partial charge in [-0.25, -0.2) is 9.48 Å². The molecule has 0 atom stereocenters. The van der Waals surface area contributed by atoms with Gasteiger partial charge in [0, 0.05) is 18.4 Å². The van der Waals surface area contributed by atoms with Crippen LogP contribution in [0.25, 0.3) is 0 Å². The molecule has 1 aromatic rings. The van der Waals surface area contributed by atoms with Crippen molar-refractivity contribution in [2.24, 2.45) is 7.05 Å². The number of carboxylic acid groups (broad SMARTS) is 1. The van der Waals surface area contributed by atoms with Crippen molar-refractivity contribution in [3.8, 4) is 0 Å². The van der Waals surface area contributed by atoms with E-state index in [9.17, 15) is 4.79 Å². The molecule has 0 saturated carbocycles. The number of tetrazole rings is 1. The van der Waals surface area contributed by atoms with Crippen molar-refractivity contribution in [3.63, 3.8) is 0 Å². The molecule has 0 radical (unpaired) electrons. The summed E-state index contributed by atoms with van der Waals surface area (Å²) in [6.45, 7) is 3.39. The van der Waals surface area contributed by atoms with Crippen LogP contribution >= 0.6 is 11.8 Å². The Hall–Kier alpha value is -1.37. The zero-order valence-corrected chi connectivity index (χ0v) is 7.78. The summed E-state index contributed by atoms with van der Waals surface area (Å²) >= 11 is 1.24. The van der Waals surface area contributed by atoms with E-state index in [0.29, 0.717) is 5.16 Å². The van der Waals surface area contributed by atoms with Gasteiger partial charge in [-0.2, -0.15) is 0 Å². The van der Waals surface area contributed by atoms with Crippen molar-refractivity contribution in [1.29, 1.82) is 0 Å². The molecular formula is C6H8N4O2S. The molecule has 0 amide bonds. The maximum atomic E-state index is 10.4. The molecule has 1 rings (SSSR count). The van der Waals surface area contributed by atoms with Gasteiger partial charge in [-0.1, -0.05) is 18.3 Å². The first-order valence-corrected chi connectivity index (χ1v) is 4.36. The smallest absolute Gasteiger partial charge is 0.331 e. The lowest BCUT2D eigenvalue weighted by Gasteiger charge is -1.97. The largest absolute Gasteiger partial charge is 0.478 e. The van der Waals surface area contributed by atoms with Crippen molar-refractivity contribution in [1.82, 2.24) is 20.2 Å². The third-order valence-electron chi connectivity index (χ3n) is 1.26. The second kappa shape index (κ2) is 4.04. The van der Waals surface area contributed by atoms with Crippen molar-refractivity contribution in [3.05, 3.63) is 12.2 Å². The number of rotatable bonds is 4. The molecule has 0 aliphatic rings. The number of nitrogens with zero attached hydrogens (tertiary/aromatic N) is 4. The second-order valence-electron chi connectivity index (χ2n) is 2.28. The Bertz CT molecular complexity index is 335. The Labute approximate surface area is 78.6 Å². The highest BCUT2D eigenvalue weighted by Gasteiger charge is 2.07. The van der Waals surface area contributed by atoms with E-state index in [1.54, 1.807) is 7.05 Å². The second-order valence-corrected chi connectivity index (χ2v) is 3.22. The predicted octanol–water partition coefficient (Wildman–Crippen LogP) is -0.0570. The highest BCUT2D eigenvalue weighted by atomic mass is 32.2. The summed E-state index contributed by atoms with van der Waals surface area (Å²) in [5.41, 5.74) is 0.132. The fourth-order valence-electron chi connectivity index (χ4n) is 0.557. The molecular weight excluding hydrogens is 192 g/mol. The van der Waals surface area contributed by atoms with Gasteiger partial charge < -0.3 is 5.11 Å². The molecule has 1 aromatic heterocycles. The van der Waals surface area contributed by atoms with Gasteiger partial charge in [-0.15, -0.1) is 5.10 Å². The Morgan fingerprint density at radius 1 is 1.77 bits per heavy atom. The standard InChI is InChI=1S/C6H8N4O2S/c1-4(5(11)12)3-13-6-7-8-9-10(6)2/h1,3H2,2H3,(H,11,12). The first-order valence-electron chi connectivity index (χ1n) is 3.37. The molecule has 0 unspecified atom stereocenters. The summed E-state index contributed by atoms with van der Waals surface area (Å²) in [5.74, 6) is -0.716. The van der Waals surface area contributed by atoms with Crippen LogP contribution in [0.4, 0.5) is 0 Å². The lowest BCUT2D eigenvalue weighted by atomic mass is 10.4. The summed E-state index contributed by atoms with van der Waals surface area (Å²) in [6.07, 6.45) is 0. The van der Waals surface area contributed by atoms with Crippen LogP contribution in [-0.4, -0.2) is 37.0 Å². The fourth-order valence-corrected chi connectivity index (χ4v) is 1.30. The van der Waals surface area contributed by atoms with E-state index in [1.165, 1.54) is 16.4 Å². The van der Waals surface area contributed by atoms with Gasteiger partial charge in [0.25, 0.3) is 0 Å². The van der Waals surface area contributed by atoms with E-state index in [-0.39, 0.29) is 11.3 Å². The number of carbonyl (C=O) groups is 1. The third kappa shape index (κ3) is 2.55. The molecule has 0 aromatic carbocycles. The molecule has 13 heavy (non-hydrogen) atoms. The molecule has 6 nitrogen and oxygen atoms in total. The first kappa shape index (κ1) is 9.72. The van der Waals surface area contributed by atoms with Crippen LogP contribution in [0, 0.1) is 0 Å². The lowest BCUT2D eigenvalue weighted by Crippen LogP contribution is -2.02. The number of aryl methyl sites for hydroxylation is 1. The zero-order valence-electron chi connectivity index (χ0n) is 6.97. The lowest BCUT2D eigenvalue weighted by molar-refractivity contribution is -0.132. The Kier molecular flexibility index (Phi) is 3.02. The summed E-state index contributed by atoms with van der Waals surface area (Å²) in [6, 6.07) is 0. The summed E-state index contributed by atoms with van der Waals surface area (Å²) < 4.78 is 1.47. The number of carboxylic acids is 1. The van der Waals surface area contributed by atoms with Gasteiger partial charge >= 0.3 is 5.97 Å². The molecule has 70 valence electrons. The summed E-state index contributed by atoms with van der Waals surface area (Å²) in [4.78, 5) is 10.4. The van der Waals surface area contributed by atoms with E-state index in [0.717, 1.165) is 0 Å². The Morgan fingerprint density at radius 2 is 2.46 bits per heavy atom. The summed E-state index contributed by atoms with van der Waals surface area (Å²) in [5, 5.41) is 19.8. The number of thioether (sulfide) groups is 1. The van der Waals surface area contributed by atoms with E-state index in [1.807, 2.05) is 0 Å². The van der Waals surface area contributed by atoms with Crippen LogP contribution in [0.1, 0.15) is 0 Å². The van der Waals surface area contributed by atoms with Gasteiger partial charge in [0.15, 0.2) is 0 Å². The minimum Gasteiger partial charge on any atom is -0.478 e. The average Bonchev–Trinajstić information content (AvgIpc) is 2.47. The van der Waals surface area contributed by atoms with E-state index >= 15 is 0 Å². The average molecular weight is 200 g/mol. The Balaban J connectivity index is 2.48.